The molecule has 1 unspecified atom stereocenters. The molecule has 19 heavy (non-hydrogen) atoms. The van der Waals surface area contributed by atoms with Gasteiger partial charge in [-0.25, -0.2) is 8.78 Å². The molecule has 1 fully saturated rings. The Bertz CT molecular complexity index is 428. The maximum absolute atomic E-state index is 14.1. The zero-order valence-electron chi connectivity index (χ0n) is 11.2. The van der Waals surface area contributed by atoms with Crippen molar-refractivity contribution in [2.24, 2.45) is 5.92 Å². The van der Waals surface area contributed by atoms with Crippen LogP contribution in [0.25, 0.3) is 0 Å². The highest BCUT2D eigenvalue weighted by Crippen LogP contribution is 2.35. The van der Waals surface area contributed by atoms with E-state index in [0.29, 0.717) is 11.5 Å². The quantitative estimate of drug-likeness (QED) is 0.609. The smallest absolute Gasteiger partial charge is 0.137 e. The van der Waals surface area contributed by atoms with E-state index >= 15 is 0 Å². The van der Waals surface area contributed by atoms with Gasteiger partial charge in [0.1, 0.15) is 11.6 Å². The van der Waals surface area contributed by atoms with Gasteiger partial charge in [-0.1, -0.05) is 25.7 Å². The van der Waals surface area contributed by atoms with Crippen molar-refractivity contribution in [2.75, 3.05) is 7.05 Å². The van der Waals surface area contributed by atoms with E-state index in [9.17, 15) is 8.78 Å². The van der Waals surface area contributed by atoms with Gasteiger partial charge in [-0.15, -0.1) is 0 Å². The third-order valence-electron chi connectivity index (χ3n) is 4.06. The molecule has 1 nitrogen and oxygen atoms in total. The molecule has 1 aliphatic rings. The molecule has 0 aromatic heterocycles. The van der Waals surface area contributed by atoms with E-state index in [1.807, 2.05) is 7.05 Å². The van der Waals surface area contributed by atoms with Crippen molar-refractivity contribution < 1.29 is 8.78 Å². The highest BCUT2D eigenvalue weighted by atomic mass is 79.9. The summed E-state index contributed by atoms with van der Waals surface area (Å²) in [7, 11) is 1.83. The lowest BCUT2D eigenvalue weighted by Gasteiger charge is -2.26. The summed E-state index contributed by atoms with van der Waals surface area (Å²) < 4.78 is 27.9. The highest BCUT2D eigenvalue weighted by molar-refractivity contribution is 9.10. The molecule has 0 spiro atoms. The summed E-state index contributed by atoms with van der Waals surface area (Å²) in [5.74, 6) is -0.343. The summed E-state index contributed by atoms with van der Waals surface area (Å²) in [5, 5.41) is 3.18. The number of rotatable bonds is 3. The van der Waals surface area contributed by atoms with Gasteiger partial charge in [-0.2, -0.15) is 0 Å². The van der Waals surface area contributed by atoms with Crippen LogP contribution in [0.1, 0.15) is 50.1 Å². The van der Waals surface area contributed by atoms with Gasteiger partial charge in [0.2, 0.25) is 0 Å². The van der Waals surface area contributed by atoms with E-state index in [1.54, 1.807) is 0 Å². The van der Waals surface area contributed by atoms with Crippen LogP contribution in [0.15, 0.2) is 16.6 Å². The maximum atomic E-state index is 14.1. The molecule has 2 rings (SSSR count). The fourth-order valence-corrected chi connectivity index (χ4v) is 3.38. The second-order valence-corrected chi connectivity index (χ2v) is 6.16. The van der Waals surface area contributed by atoms with Gasteiger partial charge in [0.05, 0.1) is 4.47 Å². The van der Waals surface area contributed by atoms with Gasteiger partial charge in [0.25, 0.3) is 0 Å². The number of halogens is 3. The second-order valence-electron chi connectivity index (χ2n) is 5.31. The van der Waals surface area contributed by atoms with E-state index in [1.165, 1.54) is 37.8 Å². The molecule has 0 heterocycles. The molecular formula is C15H20BrF2N. The number of hydrogen-bond donors (Lipinski definition) is 1. The molecule has 0 bridgehead atoms. The summed E-state index contributed by atoms with van der Waals surface area (Å²) in [4.78, 5) is 0. The Morgan fingerprint density at radius 2 is 1.74 bits per heavy atom. The number of benzene rings is 1. The van der Waals surface area contributed by atoms with Crippen LogP contribution in [0.3, 0.4) is 0 Å². The standard InChI is InChI=1S/C15H20BrF2N/c1-19-15(10-6-4-2-3-5-7-10)11-8-14(18)12(16)9-13(11)17/h8-10,15,19H,2-7H2,1H3. The molecule has 0 aliphatic heterocycles. The Hall–Kier alpha value is -0.480. The Morgan fingerprint density at radius 1 is 1.11 bits per heavy atom. The first kappa shape index (κ1) is 14.9. The Labute approximate surface area is 121 Å². The number of hydrogen-bond acceptors (Lipinski definition) is 1. The molecule has 0 radical (unpaired) electrons. The van der Waals surface area contributed by atoms with Crippen molar-refractivity contribution in [1.29, 1.82) is 0 Å². The first-order valence-corrected chi connectivity index (χ1v) is 7.74. The molecule has 1 N–H and O–H groups in total. The van der Waals surface area contributed by atoms with Crippen LogP contribution in [0.5, 0.6) is 0 Å². The maximum Gasteiger partial charge on any atom is 0.137 e. The van der Waals surface area contributed by atoms with Crippen molar-refractivity contribution in [1.82, 2.24) is 5.32 Å². The molecule has 1 aromatic carbocycles. The van der Waals surface area contributed by atoms with Crippen molar-refractivity contribution >= 4 is 15.9 Å². The second kappa shape index (κ2) is 6.80. The average Bonchev–Trinajstić information content (AvgIpc) is 2.65. The Morgan fingerprint density at radius 3 is 2.32 bits per heavy atom. The summed E-state index contributed by atoms with van der Waals surface area (Å²) in [6.45, 7) is 0. The fraction of sp³-hybridized carbons (Fsp3) is 0.600. The lowest BCUT2D eigenvalue weighted by molar-refractivity contribution is 0.332. The molecule has 4 heteroatoms. The van der Waals surface area contributed by atoms with Gasteiger partial charge in [0.15, 0.2) is 0 Å². The van der Waals surface area contributed by atoms with Crippen LogP contribution in [0, 0.1) is 17.6 Å². The molecule has 106 valence electrons. The van der Waals surface area contributed by atoms with Crippen molar-refractivity contribution in [3.63, 3.8) is 0 Å². The summed E-state index contributed by atoms with van der Waals surface area (Å²) in [6.07, 6.45) is 7.05. The molecule has 1 atom stereocenters. The predicted molar refractivity (Wildman–Crippen MR) is 77.1 cm³/mol. The van der Waals surface area contributed by atoms with Gasteiger partial charge in [0, 0.05) is 11.6 Å². The largest absolute Gasteiger partial charge is 0.313 e. The SMILES string of the molecule is CNC(c1cc(F)c(Br)cc1F)C1CCCCCC1. The third-order valence-corrected chi connectivity index (χ3v) is 4.66. The lowest BCUT2D eigenvalue weighted by atomic mass is 9.87. The van der Waals surface area contributed by atoms with E-state index in [4.69, 9.17) is 0 Å². The first-order valence-electron chi connectivity index (χ1n) is 6.95. The monoisotopic (exact) mass is 331 g/mol. The fourth-order valence-electron chi connectivity index (χ4n) is 3.07. The van der Waals surface area contributed by atoms with Crippen molar-refractivity contribution in [3.05, 3.63) is 33.8 Å². The molecule has 0 saturated heterocycles. The summed E-state index contributed by atoms with van der Waals surface area (Å²) >= 11 is 3.02. The average molecular weight is 332 g/mol. The normalized spacial score (nSPS) is 19.2. The zero-order valence-corrected chi connectivity index (χ0v) is 12.8. The zero-order chi connectivity index (χ0) is 13.8. The topological polar surface area (TPSA) is 12.0 Å². The van der Waals surface area contributed by atoms with Crippen LogP contribution >= 0.6 is 15.9 Å². The molecular weight excluding hydrogens is 312 g/mol. The number of nitrogens with one attached hydrogen (secondary N) is 1. The predicted octanol–water partition coefficient (Wildman–Crippen LogP) is 4.96. The molecule has 1 aliphatic carbocycles. The molecule has 0 amide bonds. The molecule has 1 saturated carbocycles. The van der Waals surface area contributed by atoms with Gasteiger partial charge < -0.3 is 5.32 Å². The lowest BCUT2D eigenvalue weighted by Crippen LogP contribution is -2.26. The van der Waals surface area contributed by atoms with E-state index in [2.05, 4.69) is 21.2 Å². The van der Waals surface area contributed by atoms with Crippen LogP contribution in [-0.2, 0) is 0 Å². The minimum Gasteiger partial charge on any atom is -0.313 e. The summed E-state index contributed by atoms with van der Waals surface area (Å²) in [5.41, 5.74) is 0.454. The van der Waals surface area contributed by atoms with Gasteiger partial charge in [-0.05, 0) is 53.9 Å². The summed E-state index contributed by atoms with van der Waals surface area (Å²) in [6, 6.07) is 2.46. The minimum atomic E-state index is -0.398. The van der Waals surface area contributed by atoms with Gasteiger partial charge >= 0.3 is 0 Å². The Kier molecular flexibility index (Phi) is 5.34. The third kappa shape index (κ3) is 3.54. The van der Waals surface area contributed by atoms with Crippen LogP contribution in [0.4, 0.5) is 8.78 Å². The minimum absolute atomic E-state index is 0.0966. The van der Waals surface area contributed by atoms with Crippen LogP contribution < -0.4 is 5.32 Å². The highest BCUT2D eigenvalue weighted by Gasteiger charge is 2.26. The first-order chi connectivity index (χ1) is 9.13. The Balaban J connectivity index is 2.27. The van der Waals surface area contributed by atoms with E-state index in [0.717, 1.165) is 12.8 Å². The van der Waals surface area contributed by atoms with Crippen LogP contribution in [0.2, 0.25) is 0 Å². The van der Waals surface area contributed by atoms with E-state index < -0.39 is 5.82 Å². The van der Waals surface area contributed by atoms with Gasteiger partial charge in [-0.3, -0.25) is 0 Å². The van der Waals surface area contributed by atoms with Crippen molar-refractivity contribution in [2.45, 2.75) is 44.6 Å². The van der Waals surface area contributed by atoms with E-state index in [-0.39, 0.29) is 16.3 Å². The van der Waals surface area contributed by atoms with Crippen LogP contribution in [-0.4, -0.2) is 7.05 Å². The molecule has 1 aromatic rings. The van der Waals surface area contributed by atoms with Crippen molar-refractivity contribution in [3.8, 4) is 0 Å².